The van der Waals surface area contributed by atoms with Crippen LogP contribution in [0.25, 0.3) is 0 Å². The third-order valence-corrected chi connectivity index (χ3v) is 3.86. The smallest absolute Gasteiger partial charge is 0.293 e. The fourth-order valence-electron chi connectivity index (χ4n) is 1.95. The zero-order chi connectivity index (χ0) is 16.6. The number of hydrogen-bond acceptors (Lipinski definition) is 5. The molecule has 1 aliphatic rings. The lowest BCUT2D eigenvalue weighted by Crippen LogP contribution is -2.43. The molecule has 2 rings (SSSR count). The highest BCUT2D eigenvalue weighted by Crippen LogP contribution is 2.23. The van der Waals surface area contributed by atoms with E-state index in [0.29, 0.717) is 6.47 Å². The fraction of sp³-hybridized carbons (Fsp3) is 0.562. The molecule has 2 N–H and O–H groups in total. The van der Waals surface area contributed by atoms with Crippen LogP contribution >= 0.6 is 15.9 Å². The average Bonchev–Trinajstić information content (AvgIpc) is 2.48. The van der Waals surface area contributed by atoms with Crippen molar-refractivity contribution in [3.63, 3.8) is 0 Å². The van der Waals surface area contributed by atoms with Crippen LogP contribution in [-0.4, -0.2) is 43.4 Å². The minimum Gasteiger partial charge on any atom is -0.462 e. The fourth-order valence-corrected chi connectivity index (χ4v) is 2.32. The Kier molecular flexibility index (Phi) is 7.85. The lowest BCUT2D eigenvalue weighted by Gasteiger charge is -2.29. The number of aliphatic hydroxyl groups is 1. The number of carbonyl (C=O) groups excluding carboxylic acids is 1. The minimum atomic E-state index is -0.318. The van der Waals surface area contributed by atoms with Crippen LogP contribution in [0.4, 0.5) is 5.69 Å². The van der Waals surface area contributed by atoms with Gasteiger partial charge in [0.15, 0.2) is 0 Å². The predicted molar refractivity (Wildman–Crippen MR) is 92.0 cm³/mol. The largest absolute Gasteiger partial charge is 0.462 e. The van der Waals surface area contributed by atoms with Crippen molar-refractivity contribution in [3.8, 4) is 0 Å². The van der Waals surface area contributed by atoms with E-state index in [1.807, 2.05) is 26.8 Å². The molecule has 0 atom stereocenters. The number of hydrogen-bond donors (Lipinski definition) is 2. The molecule has 22 heavy (non-hydrogen) atoms. The third-order valence-electron chi connectivity index (χ3n) is 3.08. The Labute approximate surface area is 140 Å². The molecule has 5 nitrogen and oxygen atoms in total. The Bertz CT molecular complexity index is 469. The Hall–Kier alpha value is -1.11. The molecule has 124 valence electrons. The van der Waals surface area contributed by atoms with Gasteiger partial charge in [-0.05, 0) is 44.5 Å². The molecule has 0 unspecified atom stereocenters. The zero-order valence-corrected chi connectivity index (χ0v) is 15.0. The molecular formula is C16H25BrN2O3. The highest BCUT2D eigenvalue weighted by molar-refractivity contribution is 9.10. The van der Waals surface area contributed by atoms with Crippen LogP contribution < -0.4 is 10.2 Å². The highest BCUT2D eigenvalue weighted by Gasteiger charge is 2.11. The van der Waals surface area contributed by atoms with Gasteiger partial charge in [-0.25, -0.2) is 0 Å². The number of nitrogens with zero attached hydrogens (tertiary/aromatic N) is 1. The maximum Gasteiger partial charge on any atom is 0.293 e. The third kappa shape index (κ3) is 6.77. The highest BCUT2D eigenvalue weighted by atomic mass is 79.9. The van der Waals surface area contributed by atoms with E-state index in [-0.39, 0.29) is 12.2 Å². The van der Waals surface area contributed by atoms with Gasteiger partial charge >= 0.3 is 0 Å². The van der Waals surface area contributed by atoms with Crippen LogP contribution in [0.3, 0.4) is 0 Å². The molecule has 1 heterocycles. The number of rotatable bonds is 3. The van der Waals surface area contributed by atoms with Crippen LogP contribution in [0.2, 0.25) is 0 Å². The van der Waals surface area contributed by atoms with E-state index in [9.17, 15) is 9.90 Å². The van der Waals surface area contributed by atoms with Crippen molar-refractivity contribution < 1.29 is 14.6 Å². The number of ether oxygens (including phenoxy) is 1. The standard InChI is InChI=1S/C11H15BrN2O.C5H10O2/c12-11-2-1-10(7-9(11)8-15)14-5-3-13-4-6-14;1-5(2,3)7-4-6/h1-2,7,13,15H,3-6,8H2;4H,1-3H3. The van der Waals surface area contributed by atoms with Gasteiger partial charge in [-0.15, -0.1) is 0 Å². The molecule has 0 spiro atoms. The maximum atomic E-state index is 9.60. The number of carbonyl (C=O) groups is 1. The van der Waals surface area contributed by atoms with E-state index < -0.39 is 0 Å². The van der Waals surface area contributed by atoms with Crippen LogP contribution in [-0.2, 0) is 16.1 Å². The Morgan fingerprint density at radius 1 is 1.36 bits per heavy atom. The normalized spacial score (nSPS) is 14.9. The first-order valence-corrected chi connectivity index (χ1v) is 8.13. The van der Waals surface area contributed by atoms with Crippen LogP contribution in [0.5, 0.6) is 0 Å². The quantitative estimate of drug-likeness (QED) is 0.797. The molecule has 6 heteroatoms. The molecular weight excluding hydrogens is 348 g/mol. The van der Waals surface area contributed by atoms with E-state index in [2.05, 4.69) is 43.0 Å². The molecule has 0 bridgehead atoms. The van der Waals surface area contributed by atoms with Gasteiger partial charge in [0, 0.05) is 36.3 Å². The summed E-state index contributed by atoms with van der Waals surface area (Å²) in [5.41, 5.74) is 1.83. The summed E-state index contributed by atoms with van der Waals surface area (Å²) >= 11 is 3.42. The van der Waals surface area contributed by atoms with Gasteiger partial charge in [0.1, 0.15) is 5.60 Å². The number of benzene rings is 1. The van der Waals surface area contributed by atoms with Crippen LogP contribution in [0.1, 0.15) is 26.3 Å². The van der Waals surface area contributed by atoms with E-state index in [1.54, 1.807) is 0 Å². The molecule has 1 saturated heterocycles. The topological polar surface area (TPSA) is 61.8 Å². The van der Waals surface area contributed by atoms with Crippen molar-refractivity contribution in [2.24, 2.45) is 0 Å². The Balaban J connectivity index is 0.000000295. The van der Waals surface area contributed by atoms with E-state index in [1.165, 1.54) is 5.69 Å². The first-order valence-electron chi connectivity index (χ1n) is 7.34. The number of piperazine rings is 1. The van der Waals surface area contributed by atoms with Crippen molar-refractivity contribution in [1.82, 2.24) is 5.32 Å². The molecule has 0 aliphatic carbocycles. The molecule has 0 aromatic heterocycles. The minimum absolute atomic E-state index is 0.0838. The van der Waals surface area contributed by atoms with Gasteiger partial charge in [-0.1, -0.05) is 15.9 Å². The summed E-state index contributed by atoms with van der Waals surface area (Å²) in [5, 5.41) is 12.5. The number of nitrogens with one attached hydrogen (secondary N) is 1. The van der Waals surface area contributed by atoms with Gasteiger partial charge in [-0.2, -0.15) is 0 Å². The van der Waals surface area contributed by atoms with Gasteiger partial charge in [0.05, 0.1) is 6.61 Å². The molecule has 1 aromatic carbocycles. The molecule has 1 fully saturated rings. The van der Waals surface area contributed by atoms with Crippen molar-refractivity contribution in [2.75, 3.05) is 31.1 Å². The van der Waals surface area contributed by atoms with Gasteiger partial charge in [0.2, 0.25) is 0 Å². The van der Waals surface area contributed by atoms with E-state index >= 15 is 0 Å². The van der Waals surface area contributed by atoms with Gasteiger partial charge in [0.25, 0.3) is 6.47 Å². The maximum absolute atomic E-state index is 9.60. The second kappa shape index (κ2) is 9.12. The summed E-state index contributed by atoms with van der Waals surface area (Å²) in [6, 6.07) is 6.15. The monoisotopic (exact) mass is 372 g/mol. The molecule has 0 saturated carbocycles. The van der Waals surface area contributed by atoms with Crippen LogP contribution in [0, 0.1) is 0 Å². The number of aliphatic hydroxyl groups excluding tert-OH is 1. The molecule has 0 amide bonds. The lowest BCUT2D eigenvalue weighted by molar-refractivity contribution is -0.138. The number of halogens is 1. The Morgan fingerprint density at radius 3 is 2.45 bits per heavy atom. The van der Waals surface area contributed by atoms with Crippen molar-refractivity contribution in [3.05, 3.63) is 28.2 Å². The SMILES string of the molecule is CC(C)(C)OC=O.OCc1cc(N2CCNCC2)ccc1Br. The number of anilines is 1. The summed E-state index contributed by atoms with van der Waals surface area (Å²) in [4.78, 5) is 11.9. The molecule has 0 radical (unpaired) electrons. The first-order chi connectivity index (χ1) is 10.4. The Morgan fingerprint density at radius 2 is 2.00 bits per heavy atom. The summed E-state index contributed by atoms with van der Waals surface area (Å²) in [5.74, 6) is 0. The molecule has 1 aliphatic heterocycles. The van der Waals surface area contributed by atoms with E-state index in [4.69, 9.17) is 0 Å². The lowest BCUT2D eigenvalue weighted by atomic mass is 10.2. The van der Waals surface area contributed by atoms with Crippen molar-refractivity contribution in [1.29, 1.82) is 0 Å². The van der Waals surface area contributed by atoms with Gasteiger partial charge in [-0.3, -0.25) is 4.79 Å². The summed E-state index contributed by atoms with van der Waals surface area (Å²) in [6.45, 7) is 10.1. The van der Waals surface area contributed by atoms with Crippen molar-refractivity contribution >= 4 is 28.1 Å². The van der Waals surface area contributed by atoms with Crippen molar-refractivity contribution in [2.45, 2.75) is 33.0 Å². The summed E-state index contributed by atoms with van der Waals surface area (Å²) in [7, 11) is 0. The van der Waals surface area contributed by atoms with Gasteiger partial charge < -0.3 is 20.1 Å². The summed E-state index contributed by atoms with van der Waals surface area (Å²) in [6.07, 6.45) is 0. The van der Waals surface area contributed by atoms with Crippen LogP contribution in [0.15, 0.2) is 22.7 Å². The second-order valence-electron chi connectivity index (χ2n) is 6.00. The second-order valence-corrected chi connectivity index (χ2v) is 6.85. The zero-order valence-electron chi connectivity index (χ0n) is 13.4. The first kappa shape index (κ1) is 18.9. The molecule has 1 aromatic rings. The predicted octanol–water partition coefficient (Wildman–Crippen LogP) is 2.31. The average molecular weight is 373 g/mol. The van der Waals surface area contributed by atoms with E-state index in [0.717, 1.165) is 36.2 Å². The summed E-state index contributed by atoms with van der Waals surface area (Å²) < 4.78 is 5.52.